The first-order valence-corrected chi connectivity index (χ1v) is 12.0. The predicted octanol–water partition coefficient (Wildman–Crippen LogP) is 1.51. The lowest BCUT2D eigenvalue weighted by atomic mass is 9.99. The predicted molar refractivity (Wildman–Crippen MR) is 111 cm³/mol. The van der Waals surface area contributed by atoms with E-state index < -0.39 is 15.9 Å². The molecule has 2 aliphatic heterocycles. The Morgan fingerprint density at radius 3 is 2.69 bits per heavy atom. The third kappa shape index (κ3) is 5.46. The van der Waals surface area contributed by atoms with E-state index in [0.29, 0.717) is 24.3 Å². The van der Waals surface area contributed by atoms with Crippen molar-refractivity contribution in [3.8, 4) is 0 Å². The summed E-state index contributed by atoms with van der Waals surface area (Å²) in [6.45, 7) is 0.787. The molecule has 0 radical (unpaired) electrons. The number of nitrogens with one attached hydrogen (secondary N) is 1. The van der Waals surface area contributed by atoms with E-state index in [1.54, 1.807) is 6.08 Å². The molecule has 10 heteroatoms. The molecular formula is C19H23N3O5S2. The number of piperidine rings is 1. The van der Waals surface area contributed by atoms with Gasteiger partial charge in [-0.3, -0.25) is 19.3 Å². The van der Waals surface area contributed by atoms with Gasteiger partial charge in [-0.2, -0.15) is 0 Å². The summed E-state index contributed by atoms with van der Waals surface area (Å²) in [5, 5.41) is 2.35. The smallest absolute Gasteiger partial charge is 0.293 e. The van der Waals surface area contributed by atoms with Gasteiger partial charge in [0.05, 0.1) is 17.1 Å². The third-order valence-electron chi connectivity index (χ3n) is 4.83. The average molecular weight is 438 g/mol. The quantitative estimate of drug-likeness (QED) is 0.677. The van der Waals surface area contributed by atoms with Gasteiger partial charge in [0.1, 0.15) is 0 Å². The first-order valence-electron chi connectivity index (χ1n) is 9.29. The number of sulfonamides is 1. The number of thioether (sulfide) groups is 1. The summed E-state index contributed by atoms with van der Waals surface area (Å²) in [5.41, 5.74) is 0.832. The fraction of sp³-hybridized carbons (Fsp3) is 0.421. The number of benzene rings is 1. The van der Waals surface area contributed by atoms with Crippen LogP contribution in [0.2, 0.25) is 0 Å². The van der Waals surface area contributed by atoms with E-state index in [4.69, 9.17) is 0 Å². The van der Waals surface area contributed by atoms with Crippen LogP contribution in [0.3, 0.4) is 0 Å². The Labute approximate surface area is 174 Å². The number of carbonyl (C=O) groups excluding carboxylic acids is 3. The van der Waals surface area contributed by atoms with Gasteiger partial charge in [0.2, 0.25) is 15.9 Å². The van der Waals surface area contributed by atoms with E-state index in [2.05, 4.69) is 5.32 Å². The minimum atomic E-state index is -3.33. The molecule has 0 aromatic heterocycles. The molecule has 8 nitrogen and oxygen atoms in total. The van der Waals surface area contributed by atoms with Crippen LogP contribution in [-0.4, -0.2) is 67.1 Å². The van der Waals surface area contributed by atoms with Gasteiger partial charge >= 0.3 is 0 Å². The fourth-order valence-electron chi connectivity index (χ4n) is 3.29. The van der Waals surface area contributed by atoms with Crippen LogP contribution < -0.4 is 5.32 Å². The third-order valence-corrected chi connectivity index (χ3v) is 7.01. The summed E-state index contributed by atoms with van der Waals surface area (Å²) in [7, 11) is -3.33. The van der Waals surface area contributed by atoms with Crippen molar-refractivity contribution in [3.05, 3.63) is 40.8 Å². The van der Waals surface area contributed by atoms with E-state index in [9.17, 15) is 22.8 Å². The Bertz CT molecular complexity index is 930. The Hall–Kier alpha value is -2.17. The zero-order chi connectivity index (χ0) is 21.0. The minimum Gasteiger partial charge on any atom is -0.354 e. The SMILES string of the molecule is CS(=O)(=O)N1CCCC(C(=O)NCCN2C(=O)SC(=Cc3ccccc3)C2=O)C1. The molecule has 0 bridgehead atoms. The van der Waals surface area contributed by atoms with Gasteiger partial charge in [0.25, 0.3) is 11.1 Å². The average Bonchev–Trinajstić information content (AvgIpc) is 2.95. The number of hydrogen-bond donors (Lipinski definition) is 1. The number of carbonyl (C=O) groups is 3. The Morgan fingerprint density at radius 1 is 1.28 bits per heavy atom. The fourth-order valence-corrected chi connectivity index (χ4v) is 5.06. The summed E-state index contributed by atoms with van der Waals surface area (Å²) < 4.78 is 24.7. The van der Waals surface area contributed by atoms with Crippen LogP contribution in [0.5, 0.6) is 0 Å². The first-order chi connectivity index (χ1) is 13.8. The molecule has 2 heterocycles. The topological polar surface area (TPSA) is 104 Å². The second-order valence-electron chi connectivity index (χ2n) is 7.00. The standard InChI is InChI=1S/C19H23N3O5S2/c1-29(26,27)21-10-5-8-15(13-21)17(23)20-9-11-22-18(24)16(28-19(22)25)12-14-6-3-2-4-7-14/h2-4,6-7,12,15H,5,8-11,13H2,1H3,(H,20,23). The number of hydrogen-bond acceptors (Lipinski definition) is 6. The van der Waals surface area contributed by atoms with E-state index in [0.717, 1.165) is 28.5 Å². The molecule has 1 atom stereocenters. The summed E-state index contributed by atoms with van der Waals surface area (Å²) in [4.78, 5) is 38.5. The lowest BCUT2D eigenvalue weighted by Crippen LogP contribution is -2.46. The van der Waals surface area contributed by atoms with E-state index in [1.807, 2.05) is 30.3 Å². The lowest BCUT2D eigenvalue weighted by Gasteiger charge is -2.30. The molecule has 156 valence electrons. The van der Waals surface area contributed by atoms with Crippen LogP contribution in [0.1, 0.15) is 18.4 Å². The number of imide groups is 1. The Balaban J connectivity index is 1.52. The highest BCUT2D eigenvalue weighted by atomic mass is 32.2. The van der Waals surface area contributed by atoms with Crippen molar-refractivity contribution < 1.29 is 22.8 Å². The van der Waals surface area contributed by atoms with E-state index in [1.165, 1.54) is 4.31 Å². The van der Waals surface area contributed by atoms with Crippen LogP contribution in [0, 0.1) is 5.92 Å². The van der Waals surface area contributed by atoms with Gasteiger partial charge in [-0.1, -0.05) is 30.3 Å². The highest BCUT2D eigenvalue weighted by Crippen LogP contribution is 2.31. The van der Waals surface area contributed by atoms with Crippen molar-refractivity contribution in [1.29, 1.82) is 0 Å². The molecule has 1 unspecified atom stereocenters. The van der Waals surface area contributed by atoms with Gasteiger partial charge < -0.3 is 5.32 Å². The van der Waals surface area contributed by atoms with Crippen LogP contribution >= 0.6 is 11.8 Å². The van der Waals surface area contributed by atoms with Crippen molar-refractivity contribution in [1.82, 2.24) is 14.5 Å². The first kappa shape index (κ1) is 21.5. The van der Waals surface area contributed by atoms with Crippen molar-refractivity contribution in [3.63, 3.8) is 0 Å². The van der Waals surface area contributed by atoms with Crippen LogP contribution in [-0.2, 0) is 19.6 Å². The number of rotatable bonds is 6. The molecule has 1 aromatic carbocycles. The normalized spacial score (nSPS) is 22.3. The van der Waals surface area contributed by atoms with Crippen LogP contribution in [0.4, 0.5) is 4.79 Å². The summed E-state index contributed by atoms with van der Waals surface area (Å²) in [6, 6.07) is 9.26. The maximum atomic E-state index is 12.5. The van der Waals surface area contributed by atoms with E-state index >= 15 is 0 Å². The van der Waals surface area contributed by atoms with Crippen molar-refractivity contribution in [2.45, 2.75) is 12.8 Å². The molecule has 29 heavy (non-hydrogen) atoms. The largest absolute Gasteiger partial charge is 0.354 e. The second kappa shape index (κ2) is 9.10. The van der Waals surface area contributed by atoms with Crippen LogP contribution in [0.15, 0.2) is 35.2 Å². The van der Waals surface area contributed by atoms with Gasteiger partial charge in [0.15, 0.2) is 0 Å². The van der Waals surface area contributed by atoms with Gasteiger partial charge in [-0.25, -0.2) is 12.7 Å². The molecule has 0 spiro atoms. The molecule has 0 saturated carbocycles. The molecular weight excluding hydrogens is 414 g/mol. The van der Waals surface area contributed by atoms with Crippen molar-refractivity contribution in [2.75, 3.05) is 32.4 Å². The molecule has 3 amide bonds. The highest BCUT2D eigenvalue weighted by molar-refractivity contribution is 8.18. The van der Waals surface area contributed by atoms with Crippen molar-refractivity contribution >= 4 is 44.9 Å². The maximum Gasteiger partial charge on any atom is 0.293 e. The van der Waals surface area contributed by atoms with Gasteiger partial charge in [0, 0.05) is 26.2 Å². The minimum absolute atomic E-state index is 0.0745. The molecule has 1 aromatic rings. The molecule has 0 aliphatic carbocycles. The summed E-state index contributed by atoms with van der Waals surface area (Å²) in [5.74, 6) is -1.06. The zero-order valence-electron chi connectivity index (χ0n) is 16.0. The molecule has 2 fully saturated rings. The molecule has 3 rings (SSSR count). The number of nitrogens with zero attached hydrogens (tertiary/aromatic N) is 2. The lowest BCUT2D eigenvalue weighted by molar-refractivity contribution is -0.127. The molecule has 2 aliphatic rings. The monoisotopic (exact) mass is 437 g/mol. The van der Waals surface area contributed by atoms with Gasteiger partial charge in [-0.15, -0.1) is 0 Å². The Kier molecular flexibility index (Phi) is 6.76. The maximum absolute atomic E-state index is 12.5. The summed E-state index contributed by atoms with van der Waals surface area (Å²) in [6.07, 6.45) is 4.04. The summed E-state index contributed by atoms with van der Waals surface area (Å²) >= 11 is 0.879. The van der Waals surface area contributed by atoms with E-state index in [-0.39, 0.29) is 36.7 Å². The molecule has 2 saturated heterocycles. The highest BCUT2D eigenvalue weighted by Gasteiger charge is 2.35. The Morgan fingerprint density at radius 2 is 2.00 bits per heavy atom. The zero-order valence-corrected chi connectivity index (χ0v) is 17.7. The molecule has 1 N–H and O–H groups in total. The second-order valence-corrected chi connectivity index (χ2v) is 9.97. The number of amides is 3. The van der Waals surface area contributed by atoms with Gasteiger partial charge in [-0.05, 0) is 36.2 Å². The van der Waals surface area contributed by atoms with Crippen molar-refractivity contribution in [2.24, 2.45) is 5.92 Å². The van der Waals surface area contributed by atoms with Crippen LogP contribution in [0.25, 0.3) is 6.08 Å².